The van der Waals surface area contributed by atoms with Crippen LogP contribution in [0.5, 0.6) is 0 Å². The van der Waals surface area contributed by atoms with E-state index in [4.69, 9.17) is 0 Å². The van der Waals surface area contributed by atoms with Crippen molar-refractivity contribution in [2.24, 2.45) is 5.92 Å². The number of nitrogens with zero attached hydrogens (tertiary/aromatic N) is 1. The lowest BCUT2D eigenvalue weighted by Gasteiger charge is -2.10. The molecule has 0 bridgehead atoms. The molecule has 0 saturated carbocycles. The van der Waals surface area contributed by atoms with Crippen LogP contribution in [0, 0.1) is 11.7 Å². The number of aromatic nitrogens is 2. The minimum atomic E-state index is -0.280. The molecular formula is C16H19FN3O+. The molecule has 0 saturated heterocycles. The molecule has 5 heteroatoms. The number of carbonyl (C=O) groups is 1. The van der Waals surface area contributed by atoms with Gasteiger partial charge < -0.3 is 10.3 Å². The van der Waals surface area contributed by atoms with Gasteiger partial charge in [0.2, 0.25) is 6.20 Å². The highest BCUT2D eigenvalue weighted by Gasteiger charge is 2.22. The van der Waals surface area contributed by atoms with Crippen LogP contribution in [0.25, 0.3) is 11.3 Å². The Bertz CT molecular complexity index is 691. The molecule has 21 heavy (non-hydrogen) atoms. The second-order valence-electron chi connectivity index (χ2n) is 5.88. The molecule has 2 aromatic rings. The summed E-state index contributed by atoms with van der Waals surface area (Å²) in [5.41, 5.74) is 2.66. The predicted molar refractivity (Wildman–Crippen MR) is 77.3 cm³/mol. The topological polar surface area (TPSA) is 48.8 Å². The summed E-state index contributed by atoms with van der Waals surface area (Å²) in [5.74, 6) is 0.0869. The molecule has 2 aromatic heterocycles. The zero-order chi connectivity index (χ0) is 15.0. The van der Waals surface area contributed by atoms with Gasteiger partial charge in [0.25, 0.3) is 5.91 Å². The molecule has 0 fully saturated rings. The van der Waals surface area contributed by atoms with Crippen LogP contribution in [0.2, 0.25) is 0 Å². The Labute approximate surface area is 123 Å². The lowest BCUT2D eigenvalue weighted by molar-refractivity contribution is -0.703. The van der Waals surface area contributed by atoms with Gasteiger partial charge in [-0.2, -0.15) is 4.39 Å². The number of pyridine rings is 1. The van der Waals surface area contributed by atoms with Crippen LogP contribution in [0.15, 0.2) is 24.5 Å². The zero-order valence-corrected chi connectivity index (χ0v) is 12.2. The van der Waals surface area contributed by atoms with Crippen molar-refractivity contribution in [1.82, 2.24) is 10.3 Å². The van der Waals surface area contributed by atoms with Gasteiger partial charge in [0, 0.05) is 41.9 Å². The average molecular weight is 288 g/mol. The summed E-state index contributed by atoms with van der Waals surface area (Å²) < 4.78 is 16.2. The Balaban J connectivity index is 1.95. The van der Waals surface area contributed by atoms with Crippen LogP contribution in [0.1, 0.15) is 29.9 Å². The molecule has 3 rings (SSSR count). The monoisotopic (exact) mass is 288 g/mol. The molecule has 4 nitrogen and oxygen atoms in total. The number of amides is 1. The summed E-state index contributed by atoms with van der Waals surface area (Å²) in [6.07, 6.45) is 4.14. The summed E-state index contributed by atoms with van der Waals surface area (Å²) in [6, 6.07) is 3.49. The smallest absolute Gasteiger partial charge is 0.253 e. The van der Waals surface area contributed by atoms with Gasteiger partial charge >= 0.3 is 0 Å². The van der Waals surface area contributed by atoms with Gasteiger partial charge in [-0.25, -0.2) is 4.57 Å². The molecule has 0 spiro atoms. The molecule has 0 atom stereocenters. The van der Waals surface area contributed by atoms with E-state index in [-0.39, 0.29) is 11.7 Å². The number of halogens is 1. The largest absolute Gasteiger partial charge is 0.358 e. The van der Waals surface area contributed by atoms with Gasteiger partial charge in [-0.05, 0) is 6.07 Å². The molecule has 0 aromatic carbocycles. The van der Waals surface area contributed by atoms with E-state index in [9.17, 15) is 9.18 Å². The van der Waals surface area contributed by atoms with Crippen LogP contribution in [-0.4, -0.2) is 17.4 Å². The van der Waals surface area contributed by atoms with E-state index in [1.807, 2.05) is 10.8 Å². The van der Waals surface area contributed by atoms with E-state index < -0.39 is 0 Å². The molecule has 0 radical (unpaired) electrons. The maximum atomic E-state index is 14.3. The SMILES string of the molecule is CC(C)C[n+]1ccc(-c2cc3c([nH]2)CCNC3=O)c(F)c1. The van der Waals surface area contributed by atoms with Crippen molar-refractivity contribution >= 4 is 5.91 Å². The number of nitrogens with one attached hydrogen (secondary N) is 2. The van der Waals surface area contributed by atoms with E-state index in [1.165, 1.54) is 6.20 Å². The summed E-state index contributed by atoms with van der Waals surface area (Å²) in [5, 5.41) is 2.79. The van der Waals surface area contributed by atoms with Gasteiger partial charge in [0.1, 0.15) is 0 Å². The summed E-state index contributed by atoms with van der Waals surface area (Å²) in [4.78, 5) is 14.9. The van der Waals surface area contributed by atoms with E-state index in [0.29, 0.717) is 29.3 Å². The Hall–Kier alpha value is -2.17. The van der Waals surface area contributed by atoms with Crippen LogP contribution in [0.3, 0.4) is 0 Å². The van der Waals surface area contributed by atoms with Crippen LogP contribution >= 0.6 is 0 Å². The Morgan fingerprint density at radius 2 is 2.19 bits per heavy atom. The quantitative estimate of drug-likeness (QED) is 0.834. The Kier molecular flexibility index (Phi) is 3.49. The molecule has 1 amide bonds. The molecule has 110 valence electrons. The molecule has 3 heterocycles. The number of rotatable bonds is 3. The van der Waals surface area contributed by atoms with E-state index in [1.54, 1.807) is 12.1 Å². The first kappa shape index (κ1) is 13.8. The van der Waals surface area contributed by atoms with E-state index in [2.05, 4.69) is 24.1 Å². The third-order valence-electron chi connectivity index (χ3n) is 3.64. The van der Waals surface area contributed by atoms with Crippen molar-refractivity contribution in [3.63, 3.8) is 0 Å². The van der Waals surface area contributed by atoms with Gasteiger partial charge in [0.15, 0.2) is 18.6 Å². The first-order chi connectivity index (χ1) is 10.0. The number of aromatic amines is 1. The third kappa shape index (κ3) is 2.68. The Morgan fingerprint density at radius 1 is 1.38 bits per heavy atom. The number of H-pyrrole nitrogens is 1. The number of hydrogen-bond donors (Lipinski definition) is 2. The van der Waals surface area contributed by atoms with Gasteiger partial charge in [-0.1, -0.05) is 13.8 Å². The molecule has 2 N–H and O–H groups in total. The Morgan fingerprint density at radius 3 is 2.86 bits per heavy atom. The van der Waals surface area contributed by atoms with Crippen molar-refractivity contribution in [3.8, 4) is 11.3 Å². The normalized spacial score (nSPS) is 14.2. The van der Waals surface area contributed by atoms with Crippen molar-refractivity contribution < 1.29 is 13.8 Å². The number of carbonyl (C=O) groups excluding carboxylic acids is 1. The van der Waals surface area contributed by atoms with Crippen molar-refractivity contribution in [1.29, 1.82) is 0 Å². The fourth-order valence-electron chi connectivity index (χ4n) is 2.70. The molecule has 1 aliphatic rings. The van der Waals surface area contributed by atoms with Crippen LogP contribution < -0.4 is 9.88 Å². The second kappa shape index (κ2) is 5.31. The van der Waals surface area contributed by atoms with Crippen molar-refractivity contribution in [2.45, 2.75) is 26.8 Å². The summed E-state index contributed by atoms with van der Waals surface area (Å²) >= 11 is 0. The van der Waals surface area contributed by atoms with E-state index >= 15 is 0 Å². The maximum Gasteiger partial charge on any atom is 0.253 e. The minimum Gasteiger partial charge on any atom is -0.358 e. The summed E-state index contributed by atoms with van der Waals surface area (Å²) in [7, 11) is 0. The predicted octanol–water partition coefficient (Wildman–Crippen LogP) is 2.05. The summed E-state index contributed by atoms with van der Waals surface area (Å²) in [6.45, 7) is 5.59. The molecular weight excluding hydrogens is 269 g/mol. The molecule has 0 unspecified atom stereocenters. The van der Waals surface area contributed by atoms with Gasteiger partial charge in [-0.3, -0.25) is 4.79 Å². The fourth-order valence-corrected chi connectivity index (χ4v) is 2.70. The van der Waals surface area contributed by atoms with E-state index in [0.717, 1.165) is 18.7 Å². The van der Waals surface area contributed by atoms with Crippen molar-refractivity contribution in [2.75, 3.05) is 6.54 Å². The first-order valence-corrected chi connectivity index (χ1v) is 7.23. The van der Waals surface area contributed by atoms with Crippen molar-refractivity contribution in [3.05, 3.63) is 41.6 Å². The zero-order valence-electron chi connectivity index (χ0n) is 12.2. The highest BCUT2D eigenvalue weighted by Crippen LogP contribution is 2.25. The lowest BCUT2D eigenvalue weighted by atomic mass is 10.1. The van der Waals surface area contributed by atoms with Gasteiger partial charge in [0.05, 0.1) is 5.56 Å². The lowest BCUT2D eigenvalue weighted by Crippen LogP contribution is -2.36. The molecule has 1 aliphatic heterocycles. The van der Waals surface area contributed by atoms with Crippen LogP contribution in [-0.2, 0) is 13.0 Å². The third-order valence-corrected chi connectivity index (χ3v) is 3.64. The highest BCUT2D eigenvalue weighted by atomic mass is 19.1. The first-order valence-electron chi connectivity index (χ1n) is 7.23. The second-order valence-corrected chi connectivity index (χ2v) is 5.88. The maximum absolute atomic E-state index is 14.3. The minimum absolute atomic E-state index is 0.0926. The molecule has 0 aliphatic carbocycles. The number of hydrogen-bond acceptors (Lipinski definition) is 1. The highest BCUT2D eigenvalue weighted by molar-refractivity contribution is 5.97. The van der Waals surface area contributed by atoms with Gasteiger partial charge in [-0.15, -0.1) is 0 Å². The number of fused-ring (bicyclic) bond motifs is 1. The fraction of sp³-hybridized carbons (Fsp3) is 0.375. The average Bonchev–Trinajstić information content (AvgIpc) is 2.83. The van der Waals surface area contributed by atoms with Crippen LogP contribution in [0.4, 0.5) is 4.39 Å². The standard InChI is InChI=1S/C16H18FN3O/c1-10(2)8-20-6-4-11(13(17)9-20)15-7-12-14(19-15)3-5-18-16(12)21/h4,6-7,9-10H,3,5,8H2,1-2H3,(H,18,21)/p+1.